The van der Waals surface area contributed by atoms with E-state index < -0.39 is 30.0 Å². The standard InChI is InChI=1S/C33H49N5O5/c1-21(2)29-31(40)34-23(4)32(41)38-19-11-15-26(36-38)33(42)37-18-9-8-16-27(37)25-14-10-13-24(20-25)12-6-7-17-28(43-5)22(3)30(39)35-29/h6,10,12-14,20-23,26-29,36H,7-9,11,15-19H2,1-5H3,(H,34,40)(H,35,39)/b12-6+/t22?,23?,26?,27-,28?,29?/m1/s1. The first-order chi connectivity index (χ1) is 20.6. The summed E-state index contributed by atoms with van der Waals surface area (Å²) < 4.78 is 5.69. The molecule has 2 saturated heterocycles. The van der Waals surface area contributed by atoms with Gasteiger partial charge in [-0.3, -0.25) is 24.2 Å². The highest BCUT2D eigenvalue weighted by Crippen LogP contribution is 2.33. The third-order valence-corrected chi connectivity index (χ3v) is 9.01. The predicted octanol–water partition coefficient (Wildman–Crippen LogP) is 3.34. The number of hydrogen-bond acceptors (Lipinski definition) is 6. The van der Waals surface area contributed by atoms with Crippen molar-refractivity contribution in [3.8, 4) is 0 Å². The molecule has 0 aliphatic carbocycles. The summed E-state index contributed by atoms with van der Waals surface area (Å²) in [6.07, 6.45) is 9.41. The molecule has 3 heterocycles. The first-order valence-electron chi connectivity index (χ1n) is 15.9. The lowest BCUT2D eigenvalue weighted by Gasteiger charge is -2.41. The van der Waals surface area contributed by atoms with Crippen LogP contribution in [0.25, 0.3) is 6.08 Å². The molecule has 3 aliphatic rings. The van der Waals surface area contributed by atoms with E-state index in [1.807, 2.05) is 31.7 Å². The van der Waals surface area contributed by atoms with Gasteiger partial charge in [-0.25, -0.2) is 5.43 Å². The van der Waals surface area contributed by atoms with Gasteiger partial charge in [0.1, 0.15) is 18.1 Å². The van der Waals surface area contributed by atoms with Gasteiger partial charge in [0.05, 0.1) is 18.1 Å². The smallest absolute Gasteiger partial charge is 0.258 e. The molecule has 43 heavy (non-hydrogen) atoms. The van der Waals surface area contributed by atoms with E-state index in [-0.39, 0.29) is 35.8 Å². The van der Waals surface area contributed by atoms with E-state index in [2.05, 4.69) is 46.4 Å². The van der Waals surface area contributed by atoms with Crippen LogP contribution in [0.3, 0.4) is 0 Å². The highest BCUT2D eigenvalue weighted by atomic mass is 16.5. The van der Waals surface area contributed by atoms with Crippen LogP contribution in [-0.4, -0.2) is 78.0 Å². The predicted molar refractivity (Wildman–Crippen MR) is 165 cm³/mol. The molecule has 3 N–H and O–H groups in total. The number of fused-ring (bicyclic) bond motifs is 6. The maximum atomic E-state index is 13.9. The van der Waals surface area contributed by atoms with Gasteiger partial charge in [-0.15, -0.1) is 0 Å². The topological polar surface area (TPSA) is 120 Å². The van der Waals surface area contributed by atoms with Gasteiger partial charge in [0, 0.05) is 20.2 Å². The van der Waals surface area contributed by atoms with Crippen LogP contribution in [0.15, 0.2) is 30.3 Å². The van der Waals surface area contributed by atoms with Crippen LogP contribution in [0.5, 0.6) is 0 Å². The Hall–Kier alpha value is -3.24. The number of hydrogen-bond donors (Lipinski definition) is 3. The van der Waals surface area contributed by atoms with Gasteiger partial charge in [-0.1, -0.05) is 51.1 Å². The Labute approximate surface area is 255 Å². The molecular weight excluding hydrogens is 546 g/mol. The van der Waals surface area contributed by atoms with Crippen molar-refractivity contribution >= 4 is 29.7 Å². The number of rotatable bonds is 2. The monoisotopic (exact) mass is 595 g/mol. The van der Waals surface area contributed by atoms with E-state index >= 15 is 0 Å². The van der Waals surface area contributed by atoms with Crippen LogP contribution < -0.4 is 16.1 Å². The largest absolute Gasteiger partial charge is 0.381 e. The van der Waals surface area contributed by atoms with Crippen molar-refractivity contribution in [3.05, 3.63) is 41.5 Å². The van der Waals surface area contributed by atoms with Crippen molar-refractivity contribution in [1.82, 2.24) is 26.0 Å². The van der Waals surface area contributed by atoms with Gasteiger partial charge in [-0.05, 0) is 75.0 Å². The summed E-state index contributed by atoms with van der Waals surface area (Å²) in [6.45, 7) is 8.29. The maximum absolute atomic E-state index is 13.9. The van der Waals surface area contributed by atoms with Crippen LogP contribution >= 0.6 is 0 Å². The number of carbonyl (C=O) groups is 4. The van der Waals surface area contributed by atoms with Crippen LogP contribution in [-0.2, 0) is 23.9 Å². The van der Waals surface area contributed by atoms with Crippen molar-refractivity contribution in [2.45, 2.75) is 103 Å². The fraction of sp³-hybridized carbons (Fsp3) is 0.636. The molecule has 0 radical (unpaired) electrons. The van der Waals surface area contributed by atoms with Crippen molar-refractivity contribution < 1.29 is 23.9 Å². The second-order valence-corrected chi connectivity index (χ2v) is 12.5. The van der Waals surface area contributed by atoms with E-state index in [0.717, 1.165) is 30.4 Å². The molecule has 0 saturated carbocycles. The van der Waals surface area contributed by atoms with E-state index in [1.165, 1.54) is 5.01 Å². The third-order valence-electron chi connectivity index (χ3n) is 9.01. The van der Waals surface area contributed by atoms with Crippen LogP contribution in [0.2, 0.25) is 0 Å². The first kappa shape index (κ1) is 32.7. The lowest BCUT2D eigenvalue weighted by atomic mass is 9.92. The fourth-order valence-corrected chi connectivity index (χ4v) is 6.37. The van der Waals surface area contributed by atoms with E-state index in [9.17, 15) is 19.2 Å². The van der Waals surface area contributed by atoms with E-state index in [4.69, 9.17) is 4.74 Å². The normalized spacial score (nSPS) is 30.9. The summed E-state index contributed by atoms with van der Waals surface area (Å²) in [4.78, 5) is 55.9. The first-order valence-corrected chi connectivity index (χ1v) is 15.9. The summed E-state index contributed by atoms with van der Waals surface area (Å²) in [5.41, 5.74) is 5.35. The fourth-order valence-electron chi connectivity index (χ4n) is 6.37. The summed E-state index contributed by atoms with van der Waals surface area (Å²) in [7, 11) is 1.60. The Morgan fingerprint density at radius 3 is 2.44 bits per heavy atom. The molecule has 6 atom stereocenters. The number of piperidine rings is 1. The molecule has 2 fully saturated rings. The number of allylic oxidation sites excluding steroid dienone is 1. The van der Waals surface area contributed by atoms with Gasteiger partial charge in [-0.2, -0.15) is 0 Å². The SMILES string of the molecule is COC1CC/C=C/c2cccc(c2)[C@H]2CCCCN2C(=O)C2CCCN(N2)C(=O)C(C)NC(=O)C(C(C)C)NC(=O)C1C. The van der Waals surface area contributed by atoms with Gasteiger partial charge in [0.15, 0.2) is 0 Å². The molecular formula is C33H49N5O5. The lowest BCUT2D eigenvalue weighted by Crippen LogP contribution is -2.62. The van der Waals surface area contributed by atoms with E-state index in [0.29, 0.717) is 38.8 Å². The molecule has 5 unspecified atom stereocenters. The molecule has 1 aromatic rings. The Bertz CT molecular complexity index is 1190. The Kier molecular flexibility index (Phi) is 11.4. The minimum absolute atomic E-state index is 0.00397. The van der Waals surface area contributed by atoms with Crippen molar-refractivity contribution in [2.24, 2.45) is 11.8 Å². The quantitative estimate of drug-likeness (QED) is 0.483. The minimum Gasteiger partial charge on any atom is -0.381 e. The molecule has 4 bridgehead atoms. The Morgan fingerprint density at radius 1 is 0.907 bits per heavy atom. The zero-order chi connectivity index (χ0) is 31.1. The average molecular weight is 596 g/mol. The number of ether oxygens (including phenoxy) is 1. The average Bonchev–Trinajstić information content (AvgIpc) is 3.02. The summed E-state index contributed by atoms with van der Waals surface area (Å²) in [6, 6.07) is 6.15. The molecule has 3 aliphatic heterocycles. The summed E-state index contributed by atoms with van der Waals surface area (Å²) in [5.74, 6) is -1.67. The minimum atomic E-state index is -0.841. The molecule has 10 nitrogen and oxygen atoms in total. The second kappa shape index (κ2) is 15.0. The van der Waals surface area contributed by atoms with Gasteiger partial charge >= 0.3 is 0 Å². The number of carbonyl (C=O) groups excluding carboxylic acids is 4. The highest BCUT2D eigenvalue weighted by molar-refractivity contribution is 5.92. The highest BCUT2D eigenvalue weighted by Gasteiger charge is 2.37. The van der Waals surface area contributed by atoms with Crippen LogP contribution in [0.1, 0.15) is 89.8 Å². The Morgan fingerprint density at radius 2 is 1.70 bits per heavy atom. The lowest BCUT2D eigenvalue weighted by molar-refractivity contribution is -0.147. The van der Waals surface area contributed by atoms with Crippen molar-refractivity contribution in [2.75, 3.05) is 20.2 Å². The van der Waals surface area contributed by atoms with Crippen LogP contribution in [0.4, 0.5) is 0 Å². The van der Waals surface area contributed by atoms with E-state index in [1.54, 1.807) is 14.0 Å². The Balaban J connectivity index is 1.63. The molecule has 0 spiro atoms. The molecule has 1 aromatic carbocycles. The zero-order valence-electron chi connectivity index (χ0n) is 26.3. The molecule has 236 valence electrons. The number of nitrogens with one attached hydrogen (secondary N) is 3. The van der Waals surface area contributed by atoms with Gasteiger partial charge in [0.25, 0.3) is 5.91 Å². The van der Waals surface area contributed by atoms with Gasteiger partial charge in [0.2, 0.25) is 17.7 Å². The second-order valence-electron chi connectivity index (χ2n) is 12.5. The number of nitrogens with zero attached hydrogens (tertiary/aromatic N) is 2. The number of benzene rings is 1. The molecule has 4 amide bonds. The third kappa shape index (κ3) is 8.03. The molecule has 4 rings (SSSR count). The van der Waals surface area contributed by atoms with Crippen LogP contribution in [0, 0.1) is 11.8 Å². The summed E-state index contributed by atoms with van der Waals surface area (Å²) >= 11 is 0. The zero-order valence-corrected chi connectivity index (χ0v) is 26.3. The van der Waals surface area contributed by atoms with Crippen molar-refractivity contribution in [1.29, 1.82) is 0 Å². The number of methoxy groups -OCH3 is 1. The molecule has 0 aromatic heterocycles. The number of amides is 4. The van der Waals surface area contributed by atoms with Crippen molar-refractivity contribution in [3.63, 3.8) is 0 Å². The summed E-state index contributed by atoms with van der Waals surface area (Å²) in [5, 5.41) is 7.17. The maximum Gasteiger partial charge on any atom is 0.258 e. The molecule has 10 heteroatoms. The van der Waals surface area contributed by atoms with Gasteiger partial charge < -0.3 is 20.3 Å². The number of hydrazine groups is 1.